The van der Waals surface area contributed by atoms with Crippen LogP contribution in [0.5, 0.6) is 0 Å². The highest BCUT2D eigenvalue weighted by Gasteiger charge is 2.28. The fourth-order valence-corrected chi connectivity index (χ4v) is 7.46. The summed E-state index contributed by atoms with van der Waals surface area (Å²) in [6.07, 6.45) is 45.3. The third kappa shape index (κ3) is 42.4. The summed E-state index contributed by atoms with van der Waals surface area (Å²) in [4.78, 5) is 46.0. The van der Waals surface area contributed by atoms with Crippen LogP contribution in [0.2, 0.25) is 0 Å². The van der Waals surface area contributed by atoms with Gasteiger partial charge in [0.2, 0.25) is 0 Å². The molecule has 0 aromatic carbocycles. The van der Waals surface area contributed by atoms with E-state index in [1.54, 1.807) is 0 Å². The van der Waals surface area contributed by atoms with Crippen molar-refractivity contribution < 1.29 is 47.5 Å². The highest BCUT2D eigenvalue weighted by atomic mass is 31.2. The van der Waals surface area contributed by atoms with Gasteiger partial charge in [-0.2, -0.15) is 0 Å². The number of ether oxygens (including phenoxy) is 2. The monoisotopic (exact) mass is 858 g/mol. The van der Waals surface area contributed by atoms with Crippen LogP contribution in [-0.4, -0.2) is 59.9 Å². The molecule has 0 aliphatic rings. The lowest BCUT2D eigenvalue weighted by Gasteiger charge is -2.20. The zero-order valence-electron chi connectivity index (χ0n) is 37.6. The number of unbranched alkanes of at least 4 members (excludes halogenated alkanes) is 27. The third-order valence-electron chi connectivity index (χ3n) is 10.5. The number of carbonyl (C=O) groups is 3. The first kappa shape index (κ1) is 57.0. The Hall–Kier alpha value is -2.04. The number of phosphoric ester groups is 1. The van der Waals surface area contributed by atoms with Crippen LogP contribution >= 0.6 is 7.82 Å². The average Bonchev–Trinajstić information content (AvgIpc) is 3.21. The number of hydrogen-bond donors (Lipinski definition) is 3. The van der Waals surface area contributed by atoms with Crippen molar-refractivity contribution in [3.63, 3.8) is 0 Å². The van der Waals surface area contributed by atoms with Gasteiger partial charge in [0.05, 0.1) is 13.2 Å². The van der Waals surface area contributed by atoms with Gasteiger partial charge in [-0.25, -0.2) is 4.57 Å². The standard InChI is InChI=1S/C47H88NO10P/c1-3-5-7-9-11-13-15-17-18-19-20-21-22-23-24-25-26-27-29-31-33-35-37-39-46(50)58-43(41-56-59(53,54)57-42-44(48)47(51)52)40-55-45(49)38-36-34-32-30-28-16-14-12-10-8-6-4-2/h15,17,19-20,43-44H,3-14,16,18,21-42,48H2,1-2H3,(H,51,52)(H,53,54)/b17-15-,20-19-. The minimum absolute atomic E-state index is 0.162. The molecular formula is C47H88NO10P. The summed E-state index contributed by atoms with van der Waals surface area (Å²) in [6, 6.07) is -1.52. The Morgan fingerprint density at radius 2 is 0.898 bits per heavy atom. The minimum Gasteiger partial charge on any atom is -0.480 e. The molecule has 0 aliphatic heterocycles. The lowest BCUT2D eigenvalue weighted by molar-refractivity contribution is -0.161. The summed E-state index contributed by atoms with van der Waals surface area (Å²) >= 11 is 0. The number of esters is 2. The van der Waals surface area contributed by atoms with Crippen molar-refractivity contribution in [1.82, 2.24) is 0 Å². The van der Waals surface area contributed by atoms with Gasteiger partial charge >= 0.3 is 25.7 Å². The van der Waals surface area contributed by atoms with Crippen molar-refractivity contribution >= 4 is 25.7 Å². The SMILES string of the molecule is CCCCCCC/C=C\C/C=C\CCCCCCCCCCCCCC(=O)OC(COC(=O)CCCCCCCCCCCCCC)COP(=O)(O)OCC(N)C(=O)O. The zero-order chi connectivity index (χ0) is 43.5. The van der Waals surface area contributed by atoms with Crippen LogP contribution in [-0.2, 0) is 37.5 Å². The Morgan fingerprint density at radius 1 is 0.525 bits per heavy atom. The van der Waals surface area contributed by atoms with Crippen molar-refractivity contribution in [2.45, 2.75) is 238 Å². The maximum atomic E-state index is 12.7. The molecule has 0 rings (SSSR count). The van der Waals surface area contributed by atoms with Crippen LogP contribution < -0.4 is 5.73 Å². The number of carboxylic acids is 1. The summed E-state index contributed by atoms with van der Waals surface area (Å²) in [6.45, 7) is 2.81. The summed E-state index contributed by atoms with van der Waals surface area (Å²) < 4.78 is 32.7. The normalized spacial score (nSPS) is 13.8. The highest BCUT2D eigenvalue weighted by Crippen LogP contribution is 2.43. The fourth-order valence-electron chi connectivity index (χ4n) is 6.68. The first-order chi connectivity index (χ1) is 28.6. The maximum absolute atomic E-state index is 12.7. The topological polar surface area (TPSA) is 172 Å². The second kappa shape index (κ2) is 42.6. The Balaban J connectivity index is 4.22. The maximum Gasteiger partial charge on any atom is 0.472 e. The molecule has 12 heteroatoms. The number of allylic oxidation sites excluding steroid dienone is 4. The number of nitrogens with two attached hydrogens (primary N) is 1. The number of carbonyl (C=O) groups excluding carboxylic acids is 2. The Kier molecular flexibility index (Phi) is 41.2. The van der Waals surface area contributed by atoms with Crippen LogP contribution in [0.4, 0.5) is 0 Å². The van der Waals surface area contributed by atoms with Crippen molar-refractivity contribution in [2.24, 2.45) is 5.73 Å². The molecule has 0 amide bonds. The number of carboxylic acid groups (broad SMARTS) is 1. The molecule has 0 saturated heterocycles. The van der Waals surface area contributed by atoms with E-state index in [9.17, 15) is 23.8 Å². The van der Waals surface area contributed by atoms with Crippen LogP contribution in [0.3, 0.4) is 0 Å². The third-order valence-corrected chi connectivity index (χ3v) is 11.4. The number of rotatable bonds is 45. The van der Waals surface area contributed by atoms with E-state index in [-0.39, 0.29) is 19.4 Å². The molecule has 0 saturated carbocycles. The molecule has 3 unspecified atom stereocenters. The second-order valence-electron chi connectivity index (χ2n) is 16.2. The van der Waals surface area contributed by atoms with E-state index in [1.807, 2.05) is 0 Å². The summed E-state index contributed by atoms with van der Waals surface area (Å²) in [5, 5.41) is 8.90. The van der Waals surface area contributed by atoms with Crippen LogP contribution in [0.1, 0.15) is 226 Å². The van der Waals surface area contributed by atoms with Crippen molar-refractivity contribution in [1.29, 1.82) is 0 Å². The molecule has 346 valence electrons. The van der Waals surface area contributed by atoms with E-state index in [1.165, 1.54) is 141 Å². The summed E-state index contributed by atoms with van der Waals surface area (Å²) in [7, 11) is -4.71. The van der Waals surface area contributed by atoms with E-state index in [0.717, 1.165) is 44.9 Å². The first-order valence-corrected chi connectivity index (χ1v) is 25.4. The largest absolute Gasteiger partial charge is 0.480 e. The molecular weight excluding hydrogens is 769 g/mol. The molecule has 0 aromatic rings. The zero-order valence-corrected chi connectivity index (χ0v) is 38.5. The van der Waals surface area contributed by atoms with Crippen molar-refractivity contribution in [2.75, 3.05) is 19.8 Å². The summed E-state index contributed by atoms with van der Waals surface area (Å²) in [5.41, 5.74) is 5.34. The smallest absolute Gasteiger partial charge is 0.472 e. The van der Waals surface area contributed by atoms with Gasteiger partial charge < -0.3 is 25.2 Å². The van der Waals surface area contributed by atoms with Crippen LogP contribution in [0.25, 0.3) is 0 Å². The number of hydrogen-bond acceptors (Lipinski definition) is 9. The van der Waals surface area contributed by atoms with Gasteiger partial charge in [0.1, 0.15) is 12.6 Å². The average molecular weight is 858 g/mol. The van der Waals surface area contributed by atoms with Gasteiger partial charge in [-0.05, 0) is 44.9 Å². The van der Waals surface area contributed by atoms with Crippen molar-refractivity contribution in [3.8, 4) is 0 Å². The molecule has 0 heterocycles. The van der Waals surface area contributed by atoms with E-state index in [4.69, 9.17) is 24.8 Å². The van der Waals surface area contributed by atoms with Crippen LogP contribution in [0.15, 0.2) is 24.3 Å². The highest BCUT2D eigenvalue weighted by molar-refractivity contribution is 7.47. The Bertz CT molecular complexity index is 1100. The van der Waals surface area contributed by atoms with Crippen molar-refractivity contribution in [3.05, 3.63) is 24.3 Å². The van der Waals surface area contributed by atoms with Gasteiger partial charge in [0.25, 0.3) is 0 Å². The molecule has 11 nitrogen and oxygen atoms in total. The van der Waals surface area contributed by atoms with E-state index in [0.29, 0.717) is 12.8 Å². The number of aliphatic carboxylic acids is 1. The lowest BCUT2D eigenvalue weighted by Crippen LogP contribution is -2.34. The summed E-state index contributed by atoms with van der Waals surface area (Å²) in [5.74, 6) is -2.37. The number of phosphoric acid groups is 1. The Labute approximate surface area is 360 Å². The molecule has 0 fully saturated rings. The van der Waals surface area contributed by atoms with Gasteiger partial charge in [0, 0.05) is 12.8 Å². The molecule has 0 spiro atoms. The van der Waals surface area contributed by atoms with E-state index in [2.05, 4.69) is 42.7 Å². The predicted octanol–water partition coefficient (Wildman–Crippen LogP) is 13.0. The quantitative estimate of drug-likeness (QED) is 0.0230. The van der Waals surface area contributed by atoms with E-state index >= 15 is 0 Å². The predicted molar refractivity (Wildman–Crippen MR) is 240 cm³/mol. The Morgan fingerprint density at radius 3 is 1.32 bits per heavy atom. The van der Waals surface area contributed by atoms with Gasteiger partial charge in [-0.3, -0.25) is 23.4 Å². The fraction of sp³-hybridized carbons (Fsp3) is 0.851. The molecule has 0 radical (unpaired) electrons. The first-order valence-electron chi connectivity index (χ1n) is 23.9. The molecule has 0 aromatic heterocycles. The molecule has 3 atom stereocenters. The molecule has 59 heavy (non-hydrogen) atoms. The molecule has 0 bridgehead atoms. The minimum atomic E-state index is -4.71. The molecule has 4 N–H and O–H groups in total. The molecule has 0 aliphatic carbocycles. The lowest BCUT2D eigenvalue weighted by atomic mass is 10.0. The van der Waals surface area contributed by atoms with Gasteiger partial charge in [-0.1, -0.05) is 192 Å². The van der Waals surface area contributed by atoms with Gasteiger partial charge in [0.15, 0.2) is 6.10 Å². The van der Waals surface area contributed by atoms with Gasteiger partial charge in [-0.15, -0.1) is 0 Å². The van der Waals surface area contributed by atoms with E-state index < -0.39 is 51.1 Å². The van der Waals surface area contributed by atoms with Crippen LogP contribution in [0, 0.1) is 0 Å². The second-order valence-corrected chi connectivity index (χ2v) is 17.7.